The maximum atomic E-state index is 13.1. The molecule has 0 radical (unpaired) electrons. The highest BCUT2D eigenvalue weighted by Crippen LogP contribution is 2.29. The normalized spacial score (nSPS) is 18.9. The third kappa shape index (κ3) is 5.70. The van der Waals surface area contributed by atoms with Crippen LogP contribution >= 0.6 is 0 Å². The van der Waals surface area contributed by atoms with E-state index in [1.165, 1.54) is 0 Å². The van der Waals surface area contributed by atoms with Crippen molar-refractivity contribution in [2.75, 3.05) is 51.3 Å². The summed E-state index contributed by atoms with van der Waals surface area (Å²) in [6.07, 6.45) is 0.220. The fourth-order valence-electron chi connectivity index (χ4n) is 4.34. The first kappa shape index (κ1) is 22.8. The van der Waals surface area contributed by atoms with Crippen LogP contribution in [0.2, 0.25) is 0 Å². The molecule has 1 N–H and O–H groups in total. The lowest BCUT2D eigenvalue weighted by Gasteiger charge is -2.35. The number of carbonyl (C=O) groups is 3. The second-order valence-corrected chi connectivity index (χ2v) is 8.47. The molecule has 2 aliphatic heterocycles. The molecule has 4 rings (SSSR count). The number of rotatable bonds is 7. The summed E-state index contributed by atoms with van der Waals surface area (Å²) in [5.41, 5.74) is 1.82. The number of carbonyl (C=O) groups excluding carboxylic acids is 3. The van der Waals surface area contributed by atoms with Gasteiger partial charge in [0.1, 0.15) is 5.75 Å². The number of ether oxygens (including phenoxy) is 1. The molecular weight excluding hydrogens is 420 g/mol. The smallest absolute Gasteiger partial charge is 0.234 e. The summed E-state index contributed by atoms with van der Waals surface area (Å²) >= 11 is 0. The zero-order valence-electron chi connectivity index (χ0n) is 18.9. The molecule has 2 heterocycles. The molecule has 0 saturated carbocycles. The maximum absolute atomic E-state index is 13.1. The van der Waals surface area contributed by atoms with Gasteiger partial charge in [-0.15, -0.1) is 0 Å². The van der Waals surface area contributed by atoms with Gasteiger partial charge in [-0.05, 0) is 17.7 Å². The zero-order valence-corrected chi connectivity index (χ0v) is 18.9. The van der Waals surface area contributed by atoms with Crippen LogP contribution in [0.4, 0.5) is 5.69 Å². The molecule has 2 aromatic carbocycles. The van der Waals surface area contributed by atoms with E-state index in [-0.39, 0.29) is 30.1 Å². The highest BCUT2D eigenvalue weighted by Gasteiger charge is 2.38. The van der Waals surface area contributed by atoms with Gasteiger partial charge in [0.25, 0.3) is 0 Å². The van der Waals surface area contributed by atoms with Gasteiger partial charge in [0, 0.05) is 57.4 Å². The van der Waals surface area contributed by atoms with E-state index in [0.717, 1.165) is 11.3 Å². The summed E-state index contributed by atoms with van der Waals surface area (Å²) in [6.45, 7) is 3.63. The number of hydrogen-bond acceptors (Lipinski definition) is 5. The number of nitrogens with zero attached hydrogens (tertiary/aromatic N) is 3. The van der Waals surface area contributed by atoms with Crippen molar-refractivity contribution < 1.29 is 19.1 Å². The van der Waals surface area contributed by atoms with E-state index in [2.05, 4.69) is 10.2 Å². The van der Waals surface area contributed by atoms with Crippen LogP contribution in [-0.4, -0.2) is 73.9 Å². The number of amides is 3. The molecule has 3 amide bonds. The maximum Gasteiger partial charge on any atom is 0.234 e. The van der Waals surface area contributed by atoms with Gasteiger partial charge in [0.2, 0.25) is 17.7 Å². The molecule has 0 aliphatic carbocycles. The van der Waals surface area contributed by atoms with Gasteiger partial charge in [-0.2, -0.15) is 0 Å². The fraction of sp³-hybridized carbons (Fsp3) is 0.400. The SMILES string of the molecule is COc1cccc(N2C[C@H](C(=O)N3CCN(CC(=O)NCc4ccccc4)CC3)CC2=O)c1. The summed E-state index contributed by atoms with van der Waals surface area (Å²) in [5, 5.41) is 2.95. The van der Waals surface area contributed by atoms with E-state index < -0.39 is 0 Å². The van der Waals surface area contributed by atoms with E-state index in [9.17, 15) is 14.4 Å². The van der Waals surface area contributed by atoms with Crippen molar-refractivity contribution in [2.24, 2.45) is 5.92 Å². The first-order chi connectivity index (χ1) is 16.0. The van der Waals surface area contributed by atoms with Crippen molar-refractivity contribution in [3.63, 3.8) is 0 Å². The van der Waals surface area contributed by atoms with E-state index >= 15 is 0 Å². The van der Waals surface area contributed by atoms with Crippen molar-refractivity contribution in [3.8, 4) is 5.75 Å². The van der Waals surface area contributed by atoms with Gasteiger partial charge in [-0.1, -0.05) is 36.4 Å². The average molecular weight is 451 g/mol. The number of nitrogens with one attached hydrogen (secondary N) is 1. The van der Waals surface area contributed by atoms with Gasteiger partial charge >= 0.3 is 0 Å². The molecule has 8 nitrogen and oxygen atoms in total. The fourth-order valence-corrected chi connectivity index (χ4v) is 4.34. The molecule has 174 valence electrons. The molecule has 2 aromatic rings. The zero-order chi connectivity index (χ0) is 23.2. The van der Waals surface area contributed by atoms with Crippen LogP contribution in [-0.2, 0) is 20.9 Å². The average Bonchev–Trinajstić information content (AvgIpc) is 3.25. The summed E-state index contributed by atoms with van der Waals surface area (Å²) in [4.78, 5) is 43.5. The summed E-state index contributed by atoms with van der Waals surface area (Å²) in [7, 11) is 1.59. The van der Waals surface area contributed by atoms with Crippen LogP contribution in [0.1, 0.15) is 12.0 Å². The minimum Gasteiger partial charge on any atom is -0.497 e. The quantitative estimate of drug-likeness (QED) is 0.692. The molecule has 1 atom stereocenters. The number of piperazine rings is 1. The number of benzene rings is 2. The highest BCUT2D eigenvalue weighted by atomic mass is 16.5. The molecule has 0 spiro atoms. The monoisotopic (exact) mass is 450 g/mol. The van der Waals surface area contributed by atoms with Crippen LogP contribution in [0, 0.1) is 5.92 Å². The van der Waals surface area contributed by atoms with Crippen LogP contribution < -0.4 is 15.0 Å². The molecule has 2 saturated heterocycles. The van der Waals surface area contributed by atoms with E-state index in [1.807, 2.05) is 59.5 Å². The summed E-state index contributed by atoms with van der Waals surface area (Å²) in [5.74, 6) is 0.287. The van der Waals surface area contributed by atoms with Crippen LogP contribution in [0.15, 0.2) is 54.6 Å². The molecule has 0 bridgehead atoms. The third-order valence-corrected chi connectivity index (χ3v) is 6.22. The minimum absolute atomic E-state index is 0.0157. The highest BCUT2D eigenvalue weighted by molar-refractivity contribution is 6.00. The predicted octanol–water partition coefficient (Wildman–Crippen LogP) is 1.51. The second kappa shape index (κ2) is 10.5. The summed E-state index contributed by atoms with van der Waals surface area (Å²) < 4.78 is 5.25. The molecule has 33 heavy (non-hydrogen) atoms. The lowest BCUT2D eigenvalue weighted by Crippen LogP contribution is -2.52. The lowest BCUT2D eigenvalue weighted by molar-refractivity contribution is -0.137. The Kier molecular flexibility index (Phi) is 7.24. The Bertz CT molecular complexity index is 989. The number of anilines is 1. The van der Waals surface area contributed by atoms with Crippen molar-refractivity contribution in [1.82, 2.24) is 15.1 Å². The molecule has 2 aliphatic rings. The van der Waals surface area contributed by atoms with Crippen molar-refractivity contribution >= 4 is 23.4 Å². The Morgan fingerprint density at radius 2 is 1.79 bits per heavy atom. The second-order valence-electron chi connectivity index (χ2n) is 8.47. The van der Waals surface area contributed by atoms with Crippen molar-refractivity contribution in [1.29, 1.82) is 0 Å². The number of methoxy groups -OCH3 is 1. The minimum atomic E-state index is -0.343. The lowest BCUT2D eigenvalue weighted by atomic mass is 10.1. The van der Waals surface area contributed by atoms with Crippen LogP contribution in [0.5, 0.6) is 5.75 Å². The standard InChI is InChI=1S/C25H30N4O4/c1-33-22-9-5-8-21(15-22)29-17-20(14-24(29)31)25(32)28-12-10-27(11-13-28)18-23(30)26-16-19-6-3-2-4-7-19/h2-9,15,20H,10-14,16-18H2,1H3,(H,26,30)/t20-/m1/s1. The first-order valence-electron chi connectivity index (χ1n) is 11.3. The van der Waals surface area contributed by atoms with E-state index in [1.54, 1.807) is 12.0 Å². The first-order valence-corrected chi connectivity index (χ1v) is 11.3. The van der Waals surface area contributed by atoms with Crippen LogP contribution in [0.3, 0.4) is 0 Å². The van der Waals surface area contributed by atoms with Crippen molar-refractivity contribution in [2.45, 2.75) is 13.0 Å². The Morgan fingerprint density at radius 1 is 1.03 bits per heavy atom. The largest absolute Gasteiger partial charge is 0.497 e. The van der Waals surface area contributed by atoms with E-state index in [0.29, 0.717) is 51.6 Å². The van der Waals surface area contributed by atoms with Gasteiger partial charge < -0.3 is 19.9 Å². The number of hydrogen-bond donors (Lipinski definition) is 1. The van der Waals surface area contributed by atoms with Crippen molar-refractivity contribution in [3.05, 3.63) is 60.2 Å². The van der Waals surface area contributed by atoms with Gasteiger partial charge in [0.05, 0.1) is 19.6 Å². The Labute approximate surface area is 194 Å². The topological polar surface area (TPSA) is 82.2 Å². The molecule has 0 unspecified atom stereocenters. The Balaban J connectivity index is 1.23. The Morgan fingerprint density at radius 3 is 2.52 bits per heavy atom. The third-order valence-electron chi connectivity index (χ3n) is 6.22. The Hall–Kier alpha value is -3.39. The molecule has 8 heteroatoms. The summed E-state index contributed by atoms with van der Waals surface area (Å²) in [6, 6.07) is 17.1. The van der Waals surface area contributed by atoms with Crippen LogP contribution in [0.25, 0.3) is 0 Å². The molecule has 2 fully saturated rings. The van der Waals surface area contributed by atoms with Gasteiger partial charge in [-0.25, -0.2) is 0 Å². The molecule has 0 aromatic heterocycles. The molecular formula is C25H30N4O4. The predicted molar refractivity (Wildman–Crippen MR) is 125 cm³/mol. The van der Waals surface area contributed by atoms with Gasteiger partial charge in [-0.3, -0.25) is 19.3 Å². The van der Waals surface area contributed by atoms with E-state index in [4.69, 9.17) is 4.74 Å². The van der Waals surface area contributed by atoms with Gasteiger partial charge in [0.15, 0.2) is 0 Å².